The smallest absolute Gasteiger partial charge is 0.225 e. The van der Waals surface area contributed by atoms with Crippen LogP contribution >= 0.6 is 0 Å². The predicted molar refractivity (Wildman–Crippen MR) is 85.0 cm³/mol. The van der Waals surface area contributed by atoms with Gasteiger partial charge in [-0.15, -0.1) is 0 Å². The van der Waals surface area contributed by atoms with E-state index in [1.807, 2.05) is 6.07 Å². The van der Waals surface area contributed by atoms with Crippen molar-refractivity contribution in [3.05, 3.63) is 35.6 Å². The van der Waals surface area contributed by atoms with Gasteiger partial charge in [-0.1, -0.05) is 12.1 Å². The van der Waals surface area contributed by atoms with Gasteiger partial charge in [0.05, 0.1) is 0 Å². The Bertz CT molecular complexity index is 506. The van der Waals surface area contributed by atoms with E-state index in [9.17, 15) is 9.18 Å². The minimum Gasteiger partial charge on any atom is -0.342 e. The normalized spacial score (nSPS) is 21.0. The Morgan fingerprint density at radius 2 is 1.91 bits per heavy atom. The molecule has 2 fully saturated rings. The van der Waals surface area contributed by atoms with Crippen LogP contribution < -0.4 is 5.32 Å². The molecule has 0 atom stereocenters. The van der Waals surface area contributed by atoms with Crippen LogP contribution in [0.5, 0.6) is 0 Å². The lowest BCUT2D eigenvalue weighted by molar-refractivity contribution is -0.137. The lowest BCUT2D eigenvalue weighted by Gasteiger charge is -2.35. The molecule has 2 aliphatic heterocycles. The molecule has 1 aromatic rings. The van der Waals surface area contributed by atoms with E-state index in [1.165, 1.54) is 6.07 Å². The van der Waals surface area contributed by atoms with Gasteiger partial charge in [-0.3, -0.25) is 4.79 Å². The van der Waals surface area contributed by atoms with Crippen molar-refractivity contribution in [1.82, 2.24) is 10.2 Å². The molecular weight excluding hydrogens is 279 g/mol. The quantitative estimate of drug-likeness (QED) is 0.931. The Morgan fingerprint density at radius 3 is 2.59 bits per heavy atom. The van der Waals surface area contributed by atoms with Crippen LogP contribution in [0, 0.1) is 17.7 Å². The molecular formula is C18H25FN2O. The summed E-state index contributed by atoms with van der Waals surface area (Å²) in [6.07, 6.45) is 4.94. The number of amides is 1. The highest BCUT2D eigenvalue weighted by atomic mass is 19.1. The van der Waals surface area contributed by atoms with Crippen LogP contribution in [-0.2, 0) is 11.2 Å². The van der Waals surface area contributed by atoms with E-state index in [1.54, 1.807) is 12.1 Å². The number of nitrogens with zero attached hydrogens (tertiary/aromatic N) is 1. The Hall–Kier alpha value is -1.42. The summed E-state index contributed by atoms with van der Waals surface area (Å²) in [6.45, 7) is 3.66. The molecule has 120 valence electrons. The van der Waals surface area contributed by atoms with Crippen LogP contribution in [-0.4, -0.2) is 37.0 Å². The van der Waals surface area contributed by atoms with E-state index in [2.05, 4.69) is 10.2 Å². The molecule has 2 aliphatic rings. The highest BCUT2D eigenvalue weighted by molar-refractivity contribution is 5.79. The molecule has 1 aromatic carbocycles. The van der Waals surface area contributed by atoms with E-state index in [-0.39, 0.29) is 11.7 Å². The van der Waals surface area contributed by atoms with Crippen LogP contribution in [0.15, 0.2) is 24.3 Å². The van der Waals surface area contributed by atoms with Crippen LogP contribution in [0.2, 0.25) is 0 Å². The van der Waals surface area contributed by atoms with Gasteiger partial charge in [-0.05, 0) is 68.8 Å². The zero-order valence-electron chi connectivity index (χ0n) is 13.1. The maximum absolute atomic E-state index is 13.2. The molecule has 0 bridgehead atoms. The third kappa shape index (κ3) is 3.86. The molecule has 0 unspecified atom stereocenters. The van der Waals surface area contributed by atoms with Gasteiger partial charge in [-0.2, -0.15) is 0 Å². The SMILES string of the molecule is O=C(C1CCNCC1)N1CCC(Cc2cccc(F)c2)CC1. The molecule has 4 heteroatoms. The summed E-state index contributed by atoms with van der Waals surface area (Å²) >= 11 is 0. The number of benzene rings is 1. The minimum atomic E-state index is -0.156. The summed E-state index contributed by atoms with van der Waals surface area (Å²) in [6, 6.07) is 6.90. The fourth-order valence-corrected chi connectivity index (χ4v) is 3.68. The van der Waals surface area contributed by atoms with Crippen molar-refractivity contribution in [2.45, 2.75) is 32.1 Å². The minimum absolute atomic E-state index is 0.156. The molecule has 3 rings (SSSR count). The van der Waals surface area contributed by atoms with E-state index >= 15 is 0 Å². The van der Waals surface area contributed by atoms with Crippen molar-refractivity contribution >= 4 is 5.91 Å². The molecule has 2 saturated heterocycles. The summed E-state index contributed by atoms with van der Waals surface area (Å²) < 4.78 is 13.2. The van der Waals surface area contributed by atoms with E-state index in [0.29, 0.717) is 11.8 Å². The van der Waals surface area contributed by atoms with Crippen molar-refractivity contribution in [3.8, 4) is 0 Å². The highest BCUT2D eigenvalue weighted by Crippen LogP contribution is 2.24. The van der Waals surface area contributed by atoms with Gasteiger partial charge >= 0.3 is 0 Å². The van der Waals surface area contributed by atoms with Gasteiger partial charge in [0.1, 0.15) is 5.82 Å². The number of likely N-dealkylation sites (tertiary alicyclic amines) is 1. The van der Waals surface area contributed by atoms with Gasteiger partial charge in [0.15, 0.2) is 0 Å². The Labute approximate surface area is 131 Å². The molecule has 22 heavy (non-hydrogen) atoms. The Balaban J connectivity index is 1.48. The third-order valence-corrected chi connectivity index (χ3v) is 5.03. The monoisotopic (exact) mass is 304 g/mol. The first-order valence-electron chi connectivity index (χ1n) is 8.46. The van der Waals surface area contributed by atoms with E-state index in [4.69, 9.17) is 0 Å². The summed E-state index contributed by atoms with van der Waals surface area (Å²) in [5.41, 5.74) is 1.07. The maximum Gasteiger partial charge on any atom is 0.225 e. The van der Waals surface area contributed by atoms with Crippen molar-refractivity contribution in [3.63, 3.8) is 0 Å². The van der Waals surface area contributed by atoms with Crippen molar-refractivity contribution in [2.75, 3.05) is 26.2 Å². The lowest BCUT2D eigenvalue weighted by atomic mass is 9.89. The molecule has 0 aliphatic carbocycles. The van der Waals surface area contributed by atoms with Crippen molar-refractivity contribution in [2.24, 2.45) is 11.8 Å². The fraction of sp³-hybridized carbons (Fsp3) is 0.611. The summed E-state index contributed by atoms with van der Waals surface area (Å²) in [4.78, 5) is 14.6. The summed E-state index contributed by atoms with van der Waals surface area (Å²) in [5, 5.41) is 3.31. The number of carbonyl (C=O) groups excluding carboxylic acids is 1. The summed E-state index contributed by atoms with van der Waals surface area (Å²) in [5.74, 6) is 0.988. The molecule has 2 heterocycles. The largest absolute Gasteiger partial charge is 0.342 e. The Morgan fingerprint density at radius 1 is 1.18 bits per heavy atom. The number of nitrogens with one attached hydrogen (secondary N) is 1. The van der Waals surface area contributed by atoms with Crippen LogP contribution in [0.4, 0.5) is 4.39 Å². The maximum atomic E-state index is 13.2. The molecule has 0 saturated carbocycles. The third-order valence-electron chi connectivity index (χ3n) is 5.03. The lowest BCUT2D eigenvalue weighted by Crippen LogP contribution is -2.44. The second kappa shape index (κ2) is 7.23. The van der Waals surface area contributed by atoms with Gasteiger partial charge in [-0.25, -0.2) is 4.39 Å². The molecule has 0 spiro atoms. The highest BCUT2D eigenvalue weighted by Gasteiger charge is 2.29. The molecule has 3 nitrogen and oxygen atoms in total. The molecule has 1 amide bonds. The van der Waals surface area contributed by atoms with Gasteiger partial charge in [0, 0.05) is 19.0 Å². The van der Waals surface area contributed by atoms with Gasteiger partial charge in [0.2, 0.25) is 5.91 Å². The molecule has 1 N–H and O–H groups in total. The van der Waals surface area contributed by atoms with E-state index in [0.717, 1.165) is 63.8 Å². The number of hydrogen-bond acceptors (Lipinski definition) is 2. The molecule has 0 aromatic heterocycles. The standard InChI is InChI=1S/C18H25FN2O/c19-17-3-1-2-15(13-17)12-14-6-10-21(11-7-14)18(22)16-4-8-20-9-5-16/h1-3,13-14,16,20H,4-12H2. The van der Waals surface area contributed by atoms with Crippen LogP contribution in [0.1, 0.15) is 31.2 Å². The number of carbonyl (C=O) groups is 1. The second-order valence-corrected chi connectivity index (χ2v) is 6.63. The van der Waals surface area contributed by atoms with Gasteiger partial charge < -0.3 is 10.2 Å². The average molecular weight is 304 g/mol. The van der Waals surface area contributed by atoms with Crippen LogP contribution in [0.25, 0.3) is 0 Å². The zero-order chi connectivity index (χ0) is 15.4. The topological polar surface area (TPSA) is 32.3 Å². The molecule has 0 radical (unpaired) electrons. The number of piperidine rings is 2. The number of rotatable bonds is 3. The fourth-order valence-electron chi connectivity index (χ4n) is 3.68. The first-order chi connectivity index (χ1) is 10.7. The van der Waals surface area contributed by atoms with Crippen LogP contribution in [0.3, 0.4) is 0 Å². The van der Waals surface area contributed by atoms with Gasteiger partial charge in [0.25, 0.3) is 0 Å². The second-order valence-electron chi connectivity index (χ2n) is 6.63. The zero-order valence-corrected chi connectivity index (χ0v) is 13.1. The number of hydrogen-bond donors (Lipinski definition) is 1. The van der Waals surface area contributed by atoms with Crippen molar-refractivity contribution < 1.29 is 9.18 Å². The number of halogens is 1. The average Bonchev–Trinajstić information content (AvgIpc) is 2.56. The predicted octanol–water partition coefficient (Wildman–Crippen LogP) is 2.61. The first-order valence-corrected chi connectivity index (χ1v) is 8.46. The van der Waals surface area contributed by atoms with Crippen molar-refractivity contribution in [1.29, 1.82) is 0 Å². The first kappa shape index (κ1) is 15.5. The van der Waals surface area contributed by atoms with E-state index < -0.39 is 0 Å². The summed E-state index contributed by atoms with van der Waals surface area (Å²) in [7, 11) is 0. The Kier molecular flexibility index (Phi) is 5.08.